The predicted molar refractivity (Wildman–Crippen MR) is 56.9 cm³/mol. The normalized spacial score (nSPS) is 15.8. The zero-order valence-corrected chi connectivity index (χ0v) is 9.00. The molecule has 4 heteroatoms. The summed E-state index contributed by atoms with van der Waals surface area (Å²) in [6.07, 6.45) is 2.26. The minimum Gasteiger partial charge on any atom is -0.395 e. The third kappa shape index (κ3) is 2.77. The lowest BCUT2D eigenvalue weighted by atomic mass is 10.2. The lowest BCUT2D eigenvalue weighted by Gasteiger charge is -2.20. The molecule has 0 heterocycles. The van der Waals surface area contributed by atoms with Gasteiger partial charge in [-0.2, -0.15) is 0 Å². The molecule has 0 atom stereocenters. The van der Waals surface area contributed by atoms with E-state index >= 15 is 0 Å². The Bertz CT molecular complexity index is 366. The lowest BCUT2D eigenvalue weighted by Crippen LogP contribution is -2.28. The Labute approximate surface area is 93.5 Å². The van der Waals surface area contributed by atoms with E-state index in [2.05, 4.69) is 4.90 Å². The largest absolute Gasteiger partial charge is 0.395 e. The molecule has 0 spiro atoms. The van der Waals surface area contributed by atoms with E-state index in [1.165, 1.54) is 6.07 Å². The number of hydrogen-bond donors (Lipinski definition) is 1. The molecule has 0 saturated heterocycles. The van der Waals surface area contributed by atoms with E-state index in [4.69, 9.17) is 5.11 Å². The van der Waals surface area contributed by atoms with Gasteiger partial charge < -0.3 is 5.11 Å². The Morgan fingerprint density at radius 3 is 2.56 bits per heavy atom. The fraction of sp³-hybridized carbons (Fsp3) is 0.500. The summed E-state index contributed by atoms with van der Waals surface area (Å²) >= 11 is 0. The average Bonchev–Trinajstić information content (AvgIpc) is 3.06. The summed E-state index contributed by atoms with van der Waals surface area (Å²) in [5.74, 6) is -1.62. The minimum absolute atomic E-state index is 0.0974. The lowest BCUT2D eigenvalue weighted by molar-refractivity contribution is 0.183. The van der Waals surface area contributed by atoms with Crippen LogP contribution in [0.25, 0.3) is 0 Å². The second kappa shape index (κ2) is 4.89. The number of aliphatic hydroxyl groups excluding tert-OH is 1. The van der Waals surface area contributed by atoms with Gasteiger partial charge in [0.25, 0.3) is 0 Å². The summed E-state index contributed by atoms with van der Waals surface area (Å²) < 4.78 is 25.7. The molecular formula is C12H15F2NO. The zero-order chi connectivity index (χ0) is 11.5. The summed E-state index contributed by atoms with van der Waals surface area (Å²) in [6.45, 7) is 1.26. The third-order valence-electron chi connectivity index (χ3n) is 2.82. The number of benzene rings is 1. The van der Waals surface area contributed by atoms with Gasteiger partial charge in [-0.05, 0) is 30.5 Å². The summed E-state index contributed by atoms with van der Waals surface area (Å²) in [6, 6.07) is 4.46. The molecule has 16 heavy (non-hydrogen) atoms. The maximum absolute atomic E-state index is 13.0. The van der Waals surface area contributed by atoms with Crippen LogP contribution in [-0.4, -0.2) is 29.2 Å². The van der Waals surface area contributed by atoms with Crippen LogP contribution in [0.3, 0.4) is 0 Å². The topological polar surface area (TPSA) is 23.5 Å². The van der Waals surface area contributed by atoms with Crippen molar-refractivity contribution in [1.82, 2.24) is 4.90 Å². The van der Waals surface area contributed by atoms with Gasteiger partial charge in [0, 0.05) is 19.1 Å². The van der Waals surface area contributed by atoms with Gasteiger partial charge in [-0.1, -0.05) is 6.07 Å². The van der Waals surface area contributed by atoms with Gasteiger partial charge in [0.1, 0.15) is 0 Å². The van der Waals surface area contributed by atoms with Crippen molar-refractivity contribution < 1.29 is 13.9 Å². The van der Waals surface area contributed by atoms with Gasteiger partial charge >= 0.3 is 0 Å². The molecule has 1 N–H and O–H groups in total. The fourth-order valence-corrected chi connectivity index (χ4v) is 1.83. The summed E-state index contributed by atoms with van der Waals surface area (Å²) in [7, 11) is 0. The second-order valence-electron chi connectivity index (χ2n) is 4.17. The molecule has 0 amide bonds. The van der Waals surface area contributed by atoms with Crippen LogP contribution in [0.4, 0.5) is 8.78 Å². The molecule has 0 unspecified atom stereocenters. The van der Waals surface area contributed by atoms with Crippen LogP contribution in [0.2, 0.25) is 0 Å². The molecule has 1 aromatic rings. The van der Waals surface area contributed by atoms with Crippen molar-refractivity contribution in [2.24, 2.45) is 0 Å². The molecule has 0 radical (unpaired) electrons. The van der Waals surface area contributed by atoms with E-state index in [-0.39, 0.29) is 6.61 Å². The third-order valence-corrected chi connectivity index (χ3v) is 2.82. The molecule has 2 nitrogen and oxygen atoms in total. The Balaban J connectivity index is 2.03. The fourth-order valence-electron chi connectivity index (χ4n) is 1.83. The predicted octanol–water partition coefficient (Wildman–Crippen LogP) is 1.92. The molecule has 1 saturated carbocycles. The molecule has 1 aromatic carbocycles. The Morgan fingerprint density at radius 2 is 2.00 bits per heavy atom. The number of halogens is 2. The first kappa shape index (κ1) is 11.5. The summed E-state index contributed by atoms with van der Waals surface area (Å²) in [5.41, 5.74) is 0.749. The van der Waals surface area contributed by atoms with Crippen LogP contribution >= 0.6 is 0 Å². The van der Waals surface area contributed by atoms with E-state index in [0.29, 0.717) is 19.1 Å². The van der Waals surface area contributed by atoms with Gasteiger partial charge in [-0.25, -0.2) is 8.78 Å². The van der Waals surface area contributed by atoms with E-state index in [1.54, 1.807) is 6.07 Å². The van der Waals surface area contributed by atoms with Crippen LogP contribution in [0.1, 0.15) is 18.4 Å². The maximum atomic E-state index is 13.0. The van der Waals surface area contributed by atoms with E-state index in [1.807, 2.05) is 0 Å². The molecule has 1 fully saturated rings. The first-order valence-corrected chi connectivity index (χ1v) is 5.49. The van der Waals surface area contributed by atoms with E-state index < -0.39 is 11.6 Å². The molecule has 0 bridgehead atoms. The Kier molecular flexibility index (Phi) is 3.51. The highest BCUT2D eigenvalue weighted by molar-refractivity contribution is 5.18. The SMILES string of the molecule is OCCN(Cc1ccc(F)c(F)c1)C1CC1. The smallest absolute Gasteiger partial charge is 0.159 e. The van der Waals surface area contributed by atoms with Crippen molar-refractivity contribution in [2.75, 3.05) is 13.2 Å². The molecular weight excluding hydrogens is 212 g/mol. The minimum atomic E-state index is -0.816. The van der Waals surface area contributed by atoms with Crippen molar-refractivity contribution in [2.45, 2.75) is 25.4 Å². The van der Waals surface area contributed by atoms with Gasteiger partial charge in [0.05, 0.1) is 6.61 Å². The highest BCUT2D eigenvalue weighted by Crippen LogP contribution is 2.28. The van der Waals surface area contributed by atoms with Gasteiger partial charge in [0.2, 0.25) is 0 Å². The van der Waals surface area contributed by atoms with Gasteiger partial charge in [0.15, 0.2) is 11.6 Å². The first-order valence-electron chi connectivity index (χ1n) is 5.49. The Morgan fingerprint density at radius 1 is 1.25 bits per heavy atom. The van der Waals surface area contributed by atoms with Crippen LogP contribution in [-0.2, 0) is 6.54 Å². The van der Waals surface area contributed by atoms with Crippen LogP contribution < -0.4 is 0 Å². The summed E-state index contributed by atoms with van der Waals surface area (Å²) in [5, 5.41) is 8.91. The second-order valence-corrected chi connectivity index (χ2v) is 4.17. The van der Waals surface area contributed by atoms with Crippen molar-refractivity contribution in [3.05, 3.63) is 35.4 Å². The molecule has 1 aliphatic rings. The monoisotopic (exact) mass is 227 g/mol. The van der Waals surface area contributed by atoms with Crippen LogP contribution in [0.5, 0.6) is 0 Å². The standard InChI is InChI=1S/C12H15F2NO/c13-11-4-1-9(7-12(11)14)8-15(5-6-16)10-2-3-10/h1,4,7,10,16H,2-3,5-6,8H2. The average molecular weight is 227 g/mol. The van der Waals surface area contributed by atoms with Crippen LogP contribution in [0, 0.1) is 11.6 Å². The zero-order valence-electron chi connectivity index (χ0n) is 9.00. The van der Waals surface area contributed by atoms with Crippen molar-refractivity contribution in [3.8, 4) is 0 Å². The quantitative estimate of drug-likeness (QED) is 0.830. The van der Waals surface area contributed by atoms with Gasteiger partial charge in [-0.15, -0.1) is 0 Å². The number of rotatable bonds is 5. The van der Waals surface area contributed by atoms with Crippen LogP contribution in [0.15, 0.2) is 18.2 Å². The summed E-state index contributed by atoms with van der Waals surface area (Å²) in [4.78, 5) is 2.10. The molecule has 2 rings (SSSR count). The molecule has 0 aromatic heterocycles. The van der Waals surface area contributed by atoms with Crippen molar-refractivity contribution >= 4 is 0 Å². The highest BCUT2D eigenvalue weighted by Gasteiger charge is 2.28. The molecule has 88 valence electrons. The van der Waals surface area contributed by atoms with Crippen molar-refractivity contribution in [1.29, 1.82) is 0 Å². The molecule has 1 aliphatic carbocycles. The van der Waals surface area contributed by atoms with Crippen molar-refractivity contribution in [3.63, 3.8) is 0 Å². The maximum Gasteiger partial charge on any atom is 0.159 e. The Hall–Kier alpha value is -1.00. The molecule has 0 aliphatic heterocycles. The highest BCUT2D eigenvalue weighted by atomic mass is 19.2. The number of nitrogens with zero attached hydrogens (tertiary/aromatic N) is 1. The first-order chi connectivity index (χ1) is 7.70. The van der Waals surface area contributed by atoms with E-state index in [9.17, 15) is 8.78 Å². The number of aliphatic hydroxyl groups is 1. The van der Waals surface area contributed by atoms with E-state index in [0.717, 1.165) is 24.5 Å². The van der Waals surface area contributed by atoms with Gasteiger partial charge in [-0.3, -0.25) is 4.90 Å². The number of hydrogen-bond acceptors (Lipinski definition) is 2.